The van der Waals surface area contributed by atoms with Crippen LogP contribution in [0.25, 0.3) is 17.0 Å². The van der Waals surface area contributed by atoms with Crippen molar-refractivity contribution in [2.24, 2.45) is 5.41 Å². The van der Waals surface area contributed by atoms with Crippen LogP contribution in [0.5, 0.6) is 5.75 Å². The van der Waals surface area contributed by atoms with Crippen molar-refractivity contribution < 1.29 is 27.4 Å². The number of fused-ring (bicyclic) bond motifs is 1. The summed E-state index contributed by atoms with van der Waals surface area (Å²) in [5, 5.41) is 0.614. The molecular formula is C29H38BrF3N6O3. The third-order valence-electron chi connectivity index (χ3n) is 8.10. The summed E-state index contributed by atoms with van der Waals surface area (Å²) in [5.74, 6) is 1.17. The van der Waals surface area contributed by atoms with Gasteiger partial charge in [0.05, 0.1) is 4.47 Å². The van der Waals surface area contributed by atoms with Gasteiger partial charge in [0.2, 0.25) is 5.95 Å². The highest BCUT2D eigenvalue weighted by atomic mass is 79.9. The smallest absolute Gasteiger partial charge is 0.422 e. The average molecular weight is 656 g/mol. The van der Waals surface area contributed by atoms with Crippen LogP contribution in [0.1, 0.15) is 39.2 Å². The monoisotopic (exact) mass is 654 g/mol. The largest absolute Gasteiger partial charge is 0.481 e. The molecule has 3 fully saturated rings. The number of ether oxygens (including phenoxy) is 2. The Morgan fingerprint density at radius 3 is 2.29 bits per heavy atom. The van der Waals surface area contributed by atoms with Gasteiger partial charge in [-0.15, -0.1) is 0 Å². The van der Waals surface area contributed by atoms with E-state index in [-0.39, 0.29) is 17.3 Å². The molecule has 0 aliphatic carbocycles. The molecule has 3 saturated heterocycles. The molecule has 3 aliphatic rings. The predicted octanol–water partition coefficient (Wildman–Crippen LogP) is 5.57. The Morgan fingerprint density at radius 1 is 1.07 bits per heavy atom. The number of hydrogen-bond acceptors (Lipinski definition) is 8. The topological polar surface area (TPSA) is 74.3 Å². The van der Waals surface area contributed by atoms with E-state index in [4.69, 9.17) is 19.4 Å². The van der Waals surface area contributed by atoms with E-state index in [2.05, 4.69) is 44.3 Å². The Bertz CT molecular complexity index is 1340. The van der Waals surface area contributed by atoms with Crippen LogP contribution in [0.15, 0.2) is 17.1 Å². The lowest BCUT2D eigenvalue weighted by atomic mass is 9.72. The molecule has 42 heavy (non-hydrogen) atoms. The Balaban J connectivity index is 1.46. The van der Waals surface area contributed by atoms with Gasteiger partial charge in [-0.3, -0.25) is 0 Å². The Hall–Kier alpha value is -2.80. The van der Waals surface area contributed by atoms with E-state index < -0.39 is 18.4 Å². The van der Waals surface area contributed by atoms with Gasteiger partial charge in [0, 0.05) is 63.2 Å². The number of carbonyl (C=O) groups excluding carboxylic acids is 1. The number of alkyl halides is 3. The van der Waals surface area contributed by atoms with Crippen molar-refractivity contribution in [3.63, 3.8) is 0 Å². The van der Waals surface area contributed by atoms with Crippen molar-refractivity contribution in [2.75, 3.05) is 75.8 Å². The molecular weight excluding hydrogens is 617 g/mol. The minimum atomic E-state index is -4.51. The maximum atomic E-state index is 13.3. The third kappa shape index (κ3) is 6.56. The SMILES string of the molecule is C=Cc1cc2c(N3CCC4(CC3)CN(C(=O)OC(C)(C)C)C4)nc(N3CCN(C)CC3)nc2c(OCC(F)(F)F)c1Br. The molecule has 0 bridgehead atoms. The zero-order valence-electron chi connectivity index (χ0n) is 24.6. The van der Waals surface area contributed by atoms with E-state index in [1.165, 1.54) is 0 Å². The number of likely N-dealkylation sites (N-methyl/N-ethyl adjacent to an activating group) is 1. The third-order valence-corrected chi connectivity index (χ3v) is 8.91. The highest BCUT2D eigenvalue weighted by Gasteiger charge is 2.48. The number of rotatable bonds is 5. The first-order valence-electron chi connectivity index (χ1n) is 14.2. The van der Waals surface area contributed by atoms with E-state index in [0.29, 0.717) is 72.0 Å². The summed E-state index contributed by atoms with van der Waals surface area (Å²) < 4.78 is 51.1. The van der Waals surface area contributed by atoms with Crippen LogP contribution in [-0.4, -0.2) is 104 Å². The maximum Gasteiger partial charge on any atom is 0.422 e. The molecule has 13 heteroatoms. The van der Waals surface area contributed by atoms with Crippen molar-refractivity contribution in [1.82, 2.24) is 19.8 Å². The first-order valence-corrected chi connectivity index (χ1v) is 15.0. The number of carbonyl (C=O) groups is 1. The summed E-state index contributed by atoms with van der Waals surface area (Å²) in [4.78, 5) is 30.5. The molecule has 0 unspecified atom stereocenters. The van der Waals surface area contributed by atoms with Crippen molar-refractivity contribution in [1.29, 1.82) is 0 Å². The van der Waals surface area contributed by atoms with Gasteiger partial charge in [0.1, 0.15) is 16.9 Å². The molecule has 0 radical (unpaired) electrons. The highest BCUT2D eigenvalue weighted by molar-refractivity contribution is 9.10. The lowest BCUT2D eigenvalue weighted by Crippen LogP contribution is -2.62. The van der Waals surface area contributed by atoms with Crippen LogP contribution in [-0.2, 0) is 4.74 Å². The van der Waals surface area contributed by atoms with Crippen molar-refractivity contribution in [3.05, 3.63) is 22.7 Å². The summed E-state index contributed by atoms with van der Waals surface area (Å²) >= 11 is 3.45. The van der Waals surface area contributed by atoms with Gasteiger partial charge in [-0.25, -0.2) is 9.78 Å². The molecule has 1 aromatic heterocycles. The molecule has 2 aromatic rings. The Kier molecular flexibility index (Phi) is 8.29. The number of aromatic nitrogens is 2. The van der Waals surface area contributed by atoms with Crippen molar-refractivity contribution >= 4 is 50.8 Å². The van der Waals surface area contributed by atoms with Gasteiger partial charge >= 0.3 is 12.3 Å². The van der Waals surface area contributed by atoms with Gasteiger partial charge in [0.15, 0.2) is 12.4 Å². The molecule has 0 saturated carbocycles. The minimum absolute atomic E-state index is 0.0206. The van der Waals surface area contributed by atoms with Gasteiger partial charge in [0.25, 0.3) is 0 Å². The zero-order chi connectivity index (χ0) is 30.4. The number of halogens is 4. The highest BCUT2D eigenvalue weighted by Crippen LogP contribution is 2.45. The van der Waals surface area contributed by atoms with Crippen LogP contribution >= 0.6 is 15.9 Å². The summed E-state index contributed by atoms with van der Waals surface area (Å²) in [6.45, 7) is 13.7. The molecule has 1 spiro atoms. The summed E-state index contributed by atoms with van der Waals surface area (Å²) in [6.07, 6.45) is -1.52. The van der Waals surface area contributed by atoms with Gasteiger partial charge in [-0.05, 0) is 68.2 Å². The quantitative estimate of drug-likeness (QED) is 0.415. The van der Waals surface area contributed by atoms with E-state index in [9.17, 15) is 18.0 Å². The van der Waals surface area contributed by atoms with E-state index in [1.54, 1.807) is 11.0 Å². The predicted molar refractivity (Wildman–Crippen MR) is 160 cm³/mol. The molecule has 4 heterocycles. The second-order valence-corrected chi connectivity index (χ2v) is 13.4. The van der Waals surface area contributed by atoms with E-state index >= 15 is 0 Å². The van der Waals surface area contributed by atoms with Crippen molar-refractivity contribution in [3.8, 4) is 5.75 Å². The normalized spacial score (nSPS) is 19.7. The molecule has 9 nitrogen and oxygen atoms in total. The standard InChI is InChI=1S/C29H38BrF3N6O3/c1-6-19-15-20-22(23(21(19)30)41-18-29(31,32)33)34-25(38-13-11-36(5)12-14-38)35-24(20)37-9-7-28(8-10-37)16-39(17-28)26(40)42-27(2,3)4/h6,15H,1,7-14,16-18H2,2-5H3. The number of benzene rings is 1. The maximum absolute atomic E-state index is 13.3. The summed E-state index contributed by atoms with van der Waals surface area (Å²) in [6, 6.07) is 1.86. The van der Waals surface area contributed by atoms with Crippen LogP contribution in [0.3, 0.4) is 0 Å². The number of hydrogen-bond donors (Lipinski definition) is 0. The second kappa shape index (κ2) is 11.4. The minimum Gasteiger partial charge on any atom is -0.481 e. The number of piperidine rings is 1. The van der Waals surface area contributed by atoms with Crippen LogP contribution < -0.4 is 14.5 Å². The fourth-order valence-corrected chi connectivity index (χ4v) is 6.34. The summed E-state index contributed by atoms with van der Waals surface area (Å²) in [7, 11) is 2.05. The first kappa shape index (κ1) is 30.7. The lowest BCUT2D eigenvalue weighted by Gasteiger charge is -2.53. The number of anilines is 2. The molecule has 3 aliphatic heterocycles. The van der Waals surface area contributed by atoms with Gasteiger partial charge in [-0.2, -0.15) is 18.2 Å². The molecule has 5 rings (SSSR count). The van der Waals surface area contributed by atoms with Crippen LogP contribution in [0.2, 0.25) is 0 Å². The molecule has 1 amide bonds. The Labute approximate surface area is 252 Å². The van der Waals surface area contributed by atoms with Gasteiger partial charge < -0.3 is 29.1 Å². The number of nitrogens with zero attached hydrogens (tertiary/aromatic N) is 6. The second-order valence-electron chi connectivity index (χ2n) is 12.6. The zero-order valence-corrected chi connectivity index (χ0v) is 26.1. The van der Waals surface area contributed by atoms with Gasteiger partial charge in [-0.1, -0.05) is 12.7 Å². The molecule has 0 atom stereocenters. The van der Waals surface area contributed by atoms with Crippen LogP contribution in [0.4, 0.5) is 29.7 Å². The molecule has 1 aromatic carbocycles. The lowest BCUT2D eigenvalue weighted by molar-refractivity contribution is -0.153. The Morgan fingerprint density at radius 2 is 1.71 bits per heavy atom. The fourth-order valence-electron chi connectivity index (χ4n) is 5.76. The molecule has 230 valence electrons. The molecule has 0 N–H and O–H groups in total. The van der Waals surface area contributed by atoms with E-state index in [1.807, 2.05) is 26.8 Å². The number of piperazine rings is 1. The van der Waals surface area contributed by atoms with Crippen LogP contribution in [0, 0.1) is 5.41 Å². The van der Waals surface area contributed by atoms with E-state index in [0.717, 1.165) is 25.9 Å². The van der Waals surface area contributed by atoms with Crippen molar-refractivity contribution in [2.45, 2.75) is 45.4 Å². The first-order chi connectivity index (χ1) is 19.7. The average Bonchev–Trinajstić information content (AvgIpc) is 2.89. The summed E-state index contributed by atoms with van der Waals surface area (Å²) in [5.41, 5.74) is 0.404. The number of amides is 1. The fraction of sp³-hybridized carbons (Fsp3) is 0.621. The number of likely N-dealkylation sites (tertiary alicyclic amines) is 1.